The minimum Gasteiger partial charge on any atom is -0.497 e. The van der Waals surface area contributed by atoms with Gasteiger partial charge in [0.1, 0.15) is 5.75 Å². The van der Waals surface area contributed by atoms with Gasteiger partial charge in [0.05, 0.1) is 12.8 Å². The fourth-order valence-electron chi connectivity index (χ4n) is 2.98. The molecule has 1 aromatic heterocycles. The number of benzene rings is 3. The maximum absolute atomic E-state index is 12.4. The zero-order chi connectivity index (χ0) is 18.6. The first-order valence-electron chi connectivity index (χ1n) is 8.68. The summed E-state index contributed by atoms with van der Waals surface area (Å²) in [5.41, 5.74) is 2.59. The van der Waals surface area contributed by atoms with E-state index in [1.54, 1.807) is 30.1 Å². The summed E-state index contributed by atoms with van der Waals surface area (Å²) in [4.78, 5) is 12.4. The number of hydrogen-bond donors (Lipinski definition) is 1. The molecule has 5 nitrogen and oxygen atoms in total. The minimum atomic E-state index is -0.100. The highest BCUT2D eigenvalue weighted by Gasteiger charge is 2.06. The molecule has 1 heterocycles. The van der Waals surface area contributed by atoms with Crippen molar-refractivity contribution in [3.63, 3.8) is 0 Å². The summed E-state index contributed by atoms with van der Waals surface area (Å²) >= 11 is 0. The lowest BCUT2D eigenvalue weighted by molar-refractivity contribution is 0.0951. The molecule has 0 aliphatic rings. The van der Waals surface area contributed by atoms with Crippen LogP contribution in [0.15, 0.2) is 79.1 Å². The molecule has 1 amide bonds. The molecule has 4 rings (SSSR count). The summed E-state index contributed by atoms with van der Waals surface area (Å²) in [6.07, 6.45) is 3.59. The second-order valence-electron chi connectivity index (χ2n) is 6.23. The van der Waals surface area contributed by atoms with Crippen molar-refractivity contribution in [2.45, 2.75) is 6.54 Å². The molecule has 0 saturated heterocycles. The van der Waals surface area contributed by atoms with E-state index in [2.05, 4.69) is 16.5 Å². The number of carbonyl (C=O) groups is 1. The van der Waals surface area contributed by atoms with Crippen molar-refractivity contribution in [1.82, 2.24) is 15.1 Å². The summed E-state index contributed by atoms with van der Waals surface area (Å²) in [5.74, 6) is 0.735. The molecule has 5 heteroatoms. The number of amides is 1. The Kier molecular flexibility index (Phi) is 4.58. The van der Waals surface area contributed by atoms with E-state index >= 15 is 0 Å². The smallest absolute Gasteiger partial charge is 0.251 e. The largest absolute Gasteiger partial charge is 0.497 e. The third kappa shape index (κ3) is 3.67. The molecule has 0 spiro atoms. The maximum atomic E-state index is 12.4. The van der Waals surface area contributed by atoms with Gasteiger partial charge in [0.2, 0.25) is 0 Å². The maximum Gasteiger partial charge on any atom is 0.251 e. The topological polar surface area (TPSA) is 56.1 Å². The predicted molar refractivity (Wildman–Crippen MR) is 105 cm³/mol. The molecule has 27 heavy (non-hydrogen) atoms. The van der Waals surface area contributed by atoms with Gasteiger partial charge in [-0.2, -0.15) is 5.10 Å². The van der Waals surface area contributed by atoms with Crippen LogP contribution < -0.4 is 10.1 Å². The first-order valence-corrected chi connectivity index (χ1v) is 8.68. The fraction of sp³-hybridized carbons (Fsp3) is 0.0909. The third-order valence-corrected chi connectivity index (χ3v) is 4.46. The predicted octanol–water partition coefficient (Wildman–Crippen LogP) is 3.96. The molecular weight excluding hydrogens is 338 g/mol. The Labute approximate surface area is 157 Å². The summed E-state index contributed by atoms with van der Waals surface area (Å²) in [5, 5.41) is 9.38. The molecule has 0 saturated carbocycles. The minimum absolute atomic E-state index is 0.100. The van der Waals surface area contributed by atoms with Gasteiger partial charge in [-0.1, -0.05) is 18.2 Å². The van der Waals surface area contributed by atoms with Crippen LogP contribution in [0.3, 0.4) is 0 Å². The molecule has 0 aliphatic carbocycles. The highest BCUT2D eigenvalue weighted by molar-refractivity contribution is 5.94. The van der Waals surface area contributed by atoms with E-state index in [1.807, 2.05) is 54.7 Å². The Balaban J connectivity index is 1.43. The van der Waals surface area contributed by atoms with Crippen molar-refractivity contribution >= 4 is 16.7 Å². The molecule has 3 aromatic carbocycles. The Hall–Kier alpha value is -3.60. The molecule has 1 N–H and O–H groups in total. The van der Waals surface area contributed by atoms with E-state index in [0.29, 0.717) is 12.1 Å². The van der Waals surface area contributed by atoms with Crippen LogP contribution in [0.4, 0.5) is 0 Å². The van der Waals surface area contributed by atoms with Crippen molar-refractivity contribution < 1.29 is 9.53 Å². The van der Waals surface area contributed by atoms with Gasteiger partial charge in [-0.15, -0.1) is 0 Å². The third-order valence-electron chi connectivity index (χ3n) is 4.46. The molecule has 0 unspecified atom stereocenters. The Bertz CT molecular complexity index is 1070. The second kappa shape index (κ2) is 7.33. The van der Waals surface area contributed by atoms with Crippen LogP contribution >= 0.6 is 0 Å². The number of carbonyl (C=O) groups excluding carboxylic acids is 1. The van der Waals surface area contributed by atoms with E-state index in [9.17, 15) is 4.79 Å². The van der Waals surface area contributed by atoms with Gasteiger partial charge in [-0.05, 0) is 64.9 Å². The van der Waals surface area contributed by atoms with Crippen LogP contribution in [0.2, 0.25) is 0 Å². The number of aromatic nitrogens is 2. The van der Waals surface area contributed by atoms with Crippen LogP contribution in [0, 0.1) is 0 Å². The Morgan fingerprint density at radius 1 is 1.04 bits per heavy atom. The standard InChI is InChI=1S/C22H19N3O2/c1-27-21-10-7-18-13-16(3-4-19(18)14-21)15-23-22(26)17-5-8-20(9-6-17)25-12-2-11-24-25/h2-14H,15H2,1H3,(H,23,26). The van der Waals surface area contributed by atoms with Crippen LogP contribution in [-0.4, -0.2) is 22.8 Å². The lowest BCUT2D eigenvalue weighted by atomic mass is 10.1. The van der Waals surface area contributed by atoms with E-state index in [4.69, 9.17) is 4.74 Å². The highest BCUT2D eigenvalue weighted by Crippen LogP contribution is 2.22. The Morgan fingerprint density at radius 3 is 2.56 bits per heavy atom. The van der Waals surface area contributed by atoms with Crippen molar-refractivity contribution in [3.05, 3.63) is 90.3 Å². The van der Waals surface area contributed by atoms with Crippen LogP contribution in [-0.2, 0) is 6.54 Å². The lowest BCUT2D eigenvalue weighted by Crippen LogP contribution is -2.22. The molecule has 134 valence electrons. The van der Waals surface area contributed by atoms with Crippen molar-refractivity contribution in [3.8, 4) is 11.4 Å². The molecule has 0 aliphatic heterocycles. The monoisotopic (exact) mass is 357 g/mol. The molecule has 0 bridgehead atoms. The second-order valence-corrected chi connectivity index (χ2v) is 6.23. The summed E-state index contributed by atoms with van der Waals surface area (Å²) in [6, 6.07) is 21.3. The SMILES string of the molecule is COc1ccc2cc(CNC(=O)c3ccc(-n4cccn4)cc3)ccc2c1. The van der Waals surface area contributed by atoms with Crippen LogP contribution in [0.25, 0.3) is 16.5 Å². The number of ether oxygens (including phenoxy) is 1. The zero-order valence-electron chi connectivity index (χ0n) is 14.9. The van der Waals surface area contributed by atoms with Crippen molar-refractivity contribution in [2.24, 2.45) is 0 Å². The zero-order valence-corrected chi connectivity index (χ0v) is 14.9. The van der Waals surface area contributed by atoms with E-state index in [1.165, 1.54) is 0 Å². The van der Waals surface area contributed by atoms with Gasteiger partial charge in [0.15, 0.2) is 0 Å². The van der Waals surface area contributed by atoms with E-state index < -0.39 is 0 Å². The van der Waals surface area contributed by atoms with Gasteiger partial charge in [-0.3, -0.25) is 4.79 Å². The first kappa shape index (κ1) is 16.8. The fourth-order valence-corrected chi connectivity index (χ4v) is 2.98. The van der Waals surface area contributed by atoms with Crippen molar-refractivity contribution in [1.29, 1.82) is 0 Å². The molecule has 0 radical (unpaired) electrons. The highest BCUT2D eigenvalue weighted by atomic mass is 16.5. The van der Waals surface area contributed by atoms with Crippen molar-refractivity contribution in [2.75, 3.05) is 7.11 Å². The lowest BCUT2D eigenvalue weighted by Gasteiger charge is -2.08. The van der Waals surface area contributed by atoms with Crippen LogP contribution in [0.1, 0.15) is 15.9 Å². The first-order chi connectivity index (χ1) is 13.2. The number of hydrogen-bond acceptors (Lipinski definition) is 3. The number of nitrogens with zero attached hydrogens (tertiary/aromatic N) is 2. The quantitative estimate of drug-likeness (QED) is 0.588. The summed E-state index contributed by atoms with van der Waals surface area (Å²) in [7, 11) is 1.66. The van der Waals surface area contributed by atoms with E-state index in [0.717, 1.165) is 27.8 Å². The van der Waals surface area contributed by atoms with Gasteiger partial charge < -0.3 is 10.1 Å². The summed E-state index contributed by atoms with van der Waals surface area (Å²) in [6.45, 7) is 0.474. The number of nitrogens with one attached hydrogen (secondary N) is 1. The molecular formula is C22H19N3O2. The average Bonchev–Trinajstić information content (AvgIpc) is 3.26. The van der Waals surface area contributed by atoms with Gasteiger partial charge in [-0.25, -0.2) is 4.68 Å². The number of methoxy groups -OCH3 is 1. The molecule has 4 aromatic rings. The van der Waals surface area contributed by atoms with Crippen LogP contribution in [0.5, 0.6) is 5.75 Å². The van der Waals surface area contributed by atoms with Gasteiger partial charge in [0.25, 0.3) is 5.91 Å². The van der Waals surface area contributed by atoms with Gasteiger partial charge >= 0.3 is 0 Å². The number of fused-ring (bicyclic) bond motifs is 1. The van der Waals surface area contributed by atoms with E-state index in [-0.39, 0.29) is 5.91 Å². The molecule has 0 fully saturated rings. The average molecular weight is 357 g/mol. The summed E-state index contributed by atoms with van der Waals surface area (Å²) < 4.78 is 7.01. The van der Waals surface area contributed by atoms with Gasteiger partial charge in [0, 0.05) is 24.5 Å². The molecule has 0 atom stereocenters. The number of rotatable bonds is 5. The normalized spacial score (nSPS) is 10.7. The Morgan fingerprint density at radius 2 is 1.81 bits per heavy atom.